The Kier molecular flexibility index (Phi) is 5.60. The number of aromatic amines is 1. The molecule has 1 aromatic heterocycles. The van der Waals surface area contributed by atoms with E-state index in [9.17, 15) is 0 Å². The molecule has 2 aliphatic rings. The zero-order chi connectivity index (χ0) is 20.3. The summed E-state index contributed by atoms with van der Waals surface area (Å²) in [4.78, 5) is 16.0. The summed E-state index contributed by atoms with van der Waals surface area (Å²) in [7, 11) is 1.76. The number of rotatable bonds is 5. The summed E-state index contributed by atoms with van der Waals surface area (Å²) in [6, 6.07) is 17.3. The SMILES string of the molecule is COc1ccccc1N1CCN([C@H]2CCCN(Cc3nc4ccccc4[nH]3)C2)CC1. The van der Waals surface area contributed by atoms with E-state index in [1.54, 1.807) is 7.11 Å². The van der Waals surface area contributed by atoms with E-state index in [1.807, 2.05) is 6.07 Å². The molecule has 3 heterocycles. The Morgan fingerprint density at radius 3 is 2.63 bits per heavy atom. The van der Waals surface area contributed by atoms with E-state index in [4.69, 9.17) is 9.72 Å². The number of anilines is 1. The molecule has 0 aliphatic carbocycles. The number of hydrogen-bond acceptors (Lipinski definition) is 5. The molecule has 0 bridgehead atoms. The second-order valence-corrected chi connectivity index (χ2v) is 8.43. The van der Waals surface area contributed by atoms with Crippen LogP contribution in [-0.2, 0) is 6.54 Å². The maximum absolute atomic E-state index is 5.56. The third-order valence-corrected chi connectivity index (χ3v) is 6.55. The first-order valence-electron chi connectivity index (χ1n) is 11.1. The molecule has 5 rings (SSSR count). The fourth-order valence-corrected chi connectivity index (χ4v) is 4.98. The normalized spacial score (nSPS) is 21.2. The van der Waals surface area contributed by atoms with Gasteiger partial charge < -0.3 is 14.6 Å². The van der Waals surface area contributed by atoms with Crippen molar-refractivity contribution >= 4 is 16.7 Å². The van der Waals surface area contributed by atoms with Crippen molar-refractivity contribution < 1.29 is 4.74 Å². The van der Waals surface area contributed by atoms with Crippen molar-refractivity contribution in [3.8, 4) is 5.75 Å². The summed E-state index contributed by atoms with van der Waals surface area (Å²) < 4.78 is 5.56. The van der Waals surface area contributed by atoms with Gasteiger partial charge in [0.2, 0.25) is 0 Å². The molecule has 0 unspecified atom stereocenters. The lowest BCUT2D eigenvalue weighted by Crippen LogP contribution is -2.55. The minimum atomic E-state index is 0.642. The lowest BCUT2D eigenvalue weighted by atomic mass is 10.0. The summed E-state index contributed by atoms with van der Waals surface area (Å²) in [5.41, 5.74) is 3.41. The monoisotopic (exact) mass is 405 g/mol. The number of aromatic nitrogens is 2. The molecule has 30 heavy (non-hydrogen) atoms. The number of nitrogens with one attached hydrogen (secondary N) is 1. The molecule has 2 aromatic carbocycles. The first-order valence-corrected chi connectivity index (χ1v) is 11.1. The van der Waals surface area contributed by atoms with Crippen molar-refractivity contribution in [3.05, 3.63) is 54.4 Å². The molecule has 0 radical (unpaired) electrons. The van der Waals surface area contributed by atoms with Crippen LogP contribution in [0.15, 0.2) is 48.5 Å². The zero-order valence-electron chi connectivity index (χ0n) is 17.8. The van der Waals surface area contributed by atoms with Gasteiger partial charge in [0.1, 0.15) is 11.6 Å². The molecule has 6 heteroatoms. The zero-order valence-corrected chi connectivity index (χ0v) is 17.8. The van der Waals surface area contributed by atoms with Crippen molar-refractivity contribution in [3.63, 3.8) is 0 Å². The van der Waals surface area contributed by atoms with Gasteiger partial charge >= 0.3 is 0 Å². The summed E-state index contributed by atoms with van der Waals surface area (Å²) in [5, 5.41) is 0. The van der Waals surface area contributed by atoms with Crippen LogP contribution in [0.3, 0.4) is 0 Å². The molecule has 158 valence electrons. The van der Waals surface area contributed by atoms with Crippen molar-refractivity contribution in [1.82, 2.24) is 19.8 Å². The topological polar surface area (TPSA) is 47.6 Å². The molecule has 0 amide bonds. The summed E-state index contributed by atoms with van der Waals surface area (Å²) in [6.45, 7) is 7.54. The molecule has 0 saturated carbocycles. The second kappa shape index (κ2) is 8.66. The van der Waals surface area contributed by atoms with Gasteiger partial charge in [-0.3, -0.25) is 9.80 Å². The van der Waals surface area contributed by atoms with Crippen LogP contribution in [0.25, 0.3) is 11.0 Å². The van der Waals surface area contributed by atoms with Crippen LogP contribution in [0.4, 0.5) is 5.69 Å². The molecule has 1 N–H and O–H groups in total. The first-order chi connectivity index (χ1) is 14.8. The highest BCUT2D eigenvalue weighted by Crippen LogP contribution is 2.29. The molecule has 6 nitrogen and oxygen atoms in total. The van der Waals surface area contributed by atoms with Crippen LogP contribution >= 0.6 is 0 Å². The number of methoxy groups -OCH3 is 1. The largest absolute Gasteiger partial charge is 0.495 e. The fourth-order valence-electron chi connectivity index (χ4n) is 4.98. The van der Waals surface area contributed by atoms with Crippen LogP contribution in [0.2, 0.25) is 0 Å². The number of benzene rings is 2. The van der Waals surface area contributed by atoms with Gasteiger partial charge in [0, 0.05) is 38.8 Å². The van der Waals surface area contributed by atoms with E-state index in [1.165, 1.54) is 18.5 Å². The molecule has 2 saturated heterocycles. The Labute approximate surface area is 178 Å². The Balaban J connectivity index is 1.18. The van der Waals surface area contributed by atoms with E-state index >= 15 is 0 Å². The number of piperazine rings is 1. The highest BCUT2D eigenvalue weighted by Gasteiger charge is 2.29. The van der Waals surface area contributed by atoms with Crippen LogP contribution < -0.4 is 9.64 Å². The summed E-state index contributed by atoms with van der Waals surface area (Å²) in [5.74, 6) is 2.05. The number of likely N-dealkylation sites (tertiary alicyclic amines) is 1. The highest BCUT2D eigenvalue weighted by molar-refractivity contribution is 5.74. The number of imidazole rings is 1. The lowest BCUT2D eigenvalue weighted by molar-refractivity contribution is 0.0875. The quantitative estimate of drug-likeness (QED) is 0.705. The van der Waals surface area contributed by atoms with Gasteiger partial charge in [-0.2, -0.15) is 0 Å². The molecule has 2 fully saturated rings. The number of hydrogen-bond donors (Lipinski definition) is 1. The van der Waals surface area contributed by atoms with E-state index in [0.29, 0.717) is 6.04 Å². The van der Waals surface area contributed by atoms with Crippen molar-refractivity contribution in [2.24, 2.45) is 0 Å². The van der Waals surface area contributed by atoms with Crippen molar-refractivity contribution in [2.75, 3.05) is 51.3 Å². The average molecular weight is 406 g/mol. The van der Waals surface area contributed by atoms with Crippen LogP contribution in [0.5, 0.6) is 5.75 Å². The van der Waals surface area contributed by atoms with Gasteiger partial charge in [-0.1, -0.05) is 24.3 Å². The third kappa shape index (κ3) is 4.02. The number of para-hydroxylation sites is 4. The van der Waals surface area contributed by atoms with E-state index in [-0.39, 0.29) is 0 Å². The van der Waals surface area contributed by atoms with Gasteiger partial charge in [0.05, 0.1) is 30.4 Å². The van der Waals surface area contributed by atoms with Crippen molar-refractivity contribution in [2.45, 2.75) is 25.4 Å². The first kappa shape index (κ1) is 19.4. The van der Waals surface area contributed by atoms with Crippen LogP contribution in [0, 0.1) is 0 Å². The van der Waals surface area contributed by atoms with Crippen molar-refractivity contribution in [1.29, 1.82) is 0 Å². The van der Waals surface area contributed by atoms with Gasteiger partial charge in [0.25, 0.3) is 0 Å². The number of H-pyrrole nitrogens is 1. The van der Waals surface area contributed by atoms with Gasteiger partial charge in [-0.15, -0.1) is 0 Å². The number of piperidine rings is 1. The number of nitrogens with zero attached hydrogens (tertiary/aromatic N) is 4. The number of ether oxygens (including phenoxy) is 1. The third-order valence-electron chi connectivity index (χ3n) is 6.55. The molecule has 0 spiro atoms. The molecular weight excluding hydrogens is 374 g/mol. The van der Waals surface area contributed by atoms with E-state index in [0.717, 1.165) is 68.4 Å². The Bertz CT molecular complexity index is 945. The molecule has 3 aromatic rings. The van der Waals surface area contributed by atoms with Crippen LogP contribution in [0.1, 0.15) is 18.7 Å². The van der Waals surface area contributed by atoms with Crippen LogP contribution in [-0.4, -0.2) is 72.2 Å². The summed E-state index contributed by atoms with van der Waals surface area (Å²) in [6.07, 6.45) is 2.56. The Morgan fingerprint density at radius 1 is 1.00 bits per heavy atom. The molecule has 2 aliphatic heterocycles. The molecular formula is C24H31N5O. The van der Waals surface area contributed by atoms with Gasteiger partial charge in [-0.25, -0.2) is 4.98 Å². The van der Waals surface area contributed by atoms with Gasteiger partial charge in [0.15, 0.2) is 0 Å². The molecule has 1 atom stereocenters. The Hall–Kier alpha value is -2.57. The van der Waals surface area contributed by atoms with E-state index < -0.39 is 0 Å². The standard InChI is InChI=1S/C24H31N5O/c1-30-23-11-5-4-10-22(23)29-15-13-28(14-16-29)19-7-6-12-27(17-19)18-24-25-20-8-2-3-9-21(20)26-24/h2-5,8-11,19H,6-7,12-18H2,1H3,(H,25,26)/t19-/m0/s1. The average Bonchev–Trinajstić information content (AvgIpc) is 3.21. The fraction of sp³-hybridized carbons (Fsp3) is 0.458. The lowest BCUT2D eigenvalue weighted by Gasteiger charge is -2.44. The minimum Gasteiger partial charge on any atom is -0.495 e. The summed E-state index contributed by atoms with van der Waals surface area (Å²) >= 11 is 0. The highest BCUT2D eigenvalue weighted by atomic mass is 16.5. The predicted octanol–water partition coefficient (Wildman–Crippen LogP) is 3.36. The maximum Gasteiger partial charge on any atom is 0.142 e. The second-order valence-electron chi connectivity index (χ2n) is 8.43. The van der Waals surface area contributed by atoms with E-state index in [2.05, 4.69) is 62.1 Å². The predicted molar refractivity (Wildman–Crippen MR) is 121 cm³/mol. The Morgan fingerprint density at radius 2 is 1.80 bits per heavy atom. The number of fused-ring (bicyclic) bond motifs is 1. The van der Waals surface area contributed by atoms with Gasteiger partial charge in [-0.05, 0) is 43.7 Å². The smallest absolute Gasteiger partial charge is 0.142 e. The maximum atomic E-state index is 5.56. The minimum absolute atomic E-state index is 0.642.